The zero-order valence-electron chi connectivity index (χ0n) is 22.1. The number of hydrogen-bond acceptors (Lipinski definition) is 9. The van der Waals surface area contributed by atoms with Gasteiger partial charge in [-0.15, -0.1) is 0 Å². The Balaban J connectivity index is 1.11. The van der Waals surface area contributed by atoms with E-state index in [4.69, 9.17) is 9.72 Å². The predicted octanol–water partition coefficient (Wildman–Crippen LogP) is 3.44. The highest BCUT2D eigenvalue weighted by Crippen LogP contribution is 2.33. The highest BCUT2D eigenvalue weighted by Gasteiger charge is 2.26. The van der Waals surface area contributed by atoms with Gasteiger partial charge in [-0.05, 0) is 74.0 Å². The molecule has 3 aliphatic heterocycles. The summed E-state index contributed by atoms with van der Waals surface area (Å²) in [5, 5.41) is 6.59. The molecule has 1 atom stereocenters. The molecule has 0 bridgehead atoms. The van der Waals surface area contributed by atoms with Crippen molar-refractivity contribution >= 4 is 23.9 Å². The maximum Gasteiger partial charge on any atom is 0.146 e. The zero-order valence-corrected chi connectivity index (χ0v) is 22.1. The van der Waals surface area contributed by atoms with Crippen molar-refractivity contribution in [3.05, 3.63) is 71.9 Å². The number of nitrogens with zero attached hydrogens (tertiary/aromatic N) is 5. The first-order valence-electron chi connectivity index (χ1n) is 13.8. The van der Waals surface area contributed by atoms with Crippen LogP contribution in [0.1, 0.15) is 35.6 Å². The van der Waals surface area contributed by atoms with Crippen LogP contribution in [0.5, 0.6) is 0 Å². The number of anilines is 2. The van der Waals surface area contributed by atoms with Crippen LogP contribution >= 0.6 is 0 Å². The number of carbonyl (C=O) groups excluding carboxylic acids is 1. The van der Waals surface area contributed by atoms with E-state index in [1.54, 1.807) is 18.6 Å². The van der Waals surface area contributed by atoms with Gasteiger partial charge in [0.2, 0.25) is 0 Å². The number of carbonyl (C=O) groups is 1. The number of benzene rings is 1. The Labute approximate surface area is 229 Å². The van der Waals surface area contributed by atoms with Gasteiger partial charge in [-0.2, -0.15) is 0 Å². The van der Waals surface area contributed by atoms with Crippen LogP contribution in [0.3, 0.4) is 0 Å². The van der Waals surface area contributed by atoms with Crippen molar-refractivity contribution in [2.45, 2.75) is 31.3 Å². The molecule has 39 heavy (non-hydrogen) atoms. The first-order chi connectivity index (χ1) is 19.3. The summed E-state index contributed by atoms with van der Waals surface area (Å²) in [6.45, 7) is 7.33. The largest absolute Gasteiger partial charge is 0.379 e. The molecule has 0 amide bonds. The molecule has 0 aliphatic carbocycles. The molecule has 5 heterocycles. The fourth-order valence-corrected chi connectivity index (χ4v) is 5.78. The van der Waals surface area contributed by atoms with Crippen molar-refractivity contribution in [3.63, 3.8) is 0 Å². The van der Waals surface area contributed by atoms with E-state index in [1.165, 1.54) is 37.8 Å². The van der Waals surface area contributed by atoms with Gasteiger partial charge < -0.3 is 25.1 Å². The highest BCUT2D eigenvalue weighted by atomic mass is 16.5. The van der Waals surface area contributed by atoms with Gasteiger partial charge in [-0.3, -0.25) is 4.90 Å². The van der Waals surface area contributed by atoms with Crippen LogP contribution in [-0.4, -0.2) is 83.0 Å². The van der Waals surface area contributed by atoms with Gasteiger partial charge in [0.25, 0.3) is 0 Å². The van der Waals surface area contributed by atoms with E-state index >= 15 is 0 Å². The van der Waals surface area contributed by atoms with Gasteiger partial charge in [-0.25, -0.2) is 15.0 Å². The minimum atomic E-state index is -0.465. The van der Waals surface area contributed by atoms with E-state index in [9.17, 15) is 4.79 Å². The van der Waals surface area contributed by atoms with Gasteiger partial charge in [0.15, 0.2) is 0 Å². The number of fused-ring (bicyclic) bond motifs is 1. The van der Waals surface area contributed by atoms with Gasteiger partial charge in [-0.1, -0.05) is 12.1 Å². The quantitative estimate of drug-likeness (QED) is 0.429. The van der Waals surface area contributed by atoms with Crippen LogP contribution in [0.15, 0.2) is 55.3 Å². The fraction of sp³-hybridized carbons (Fsp3) is 0.400. The summed E-state index contributed by atoms with van der Waals surface area (Å²) in [6.07, 6.45) is 13.2. The van der Waals surface area contributed by atoms with Gasteiger partial charge in [0.1, 0.15) is 24.5 Å². The Bertz CT molecular complexity index is 1280. The Morgan fingerprint density at radius 3 is 2.56 bits per heavy atom. The number of pyridine rings is 1. The Morgan fingerprint density at radius 2 is 1.82 bits per heavy atom. The second-order valence-corrected chi connectivity index (χ2v) is 10.4. The lowest BCUT2D eigenvalue weighted by molar-refractivity contribution is -0.109. The molecule has 2 fully saturated rings. The summed E-state index contributed by atoms with van der Waals surface area (Å²) in [4.78, 5) is 30.2. The first kappa shape index (κ1) is 25.6. The van der Waals surface area contributed by atoms with E-state index in [-0.39, 0.29) is 0 Å². The lowest BCUT2D eigenvalue weighted by atomic mass is 9.97. The van der Waals surface area contributed by atoms with Gasteiger partial charge in [0, 0.05) is 54.9 Å². The van der Waals surface area contributed by atoms with Crippen molar-refractivity contribution in [1.29, 1.82) is 0 Å². The summed E-state index contributed by atoms with van der Waals surface area (Å²) >= 11 is 0. The molecule has 2 N–H and O–H groups in total. The zero-order chi connectivity index (χ0) is 26.4. The molecule has 9 heteroatoms. The normalized spacial score (nSPS) is 20.3. The third-order valence-corrected chi connectivity index (χ3v) is 7.99. The molecule has 1 unspecified atom stereocenters. The molecule has 2 saturated heterocycles. The number of piperidine rings is 1. The molecule has 0 saturated carbocycles. The number of likely N-dealkylation sites (tertiary alicyclic amines) is 1. The second-order valence-electron chi connectivity index (χ2n) is 10.4. The Hall–Kier alpha value is -3.66. The SMILES string of the molecule is O=CC1NC=Cc2cc(-c3cncnc3)nc(Nc3ccc(CCN4CCC(N5CCOCC5)CC4)cc3)c21. The molecular formula is C30H35N7O2. The maximum absolute atomic E-state index is 11.8. The first-order valence-corrected chi connectivity index (χ1v) is 13.8. The summed E-state index contributed by atoms with van der Waals surface area (Å²) in [5.74, 6) is 0.649. The monoisotopic (exact) mass is 525 g/mol. The third kappa shape index (κ3) is 6.00. The van der Waals surface area contributed by atoms with Crippen LogP contribution in [0.2, 0.25) is 0 Å². The fourth-order valence-electron chi connectivity index (χ4n) is 5.78. The number of rotatable bonds is 8. The summed E-state index contributed by atoms with van der Waals surface area (Å²) < 4.78 is 5.51. The van der Waals surface area contributed by atoms with Gasteiger partial charge >= 0.3 is 0 Å². The lowest BCUT2D eigenvalue weighted by Gasteiger charge is -2.40. The Morgan fingerprint density at radius 1 is 1.05 bits per heavy atom. The molecule has 3 aliphatic rings. The van der Waals surface area contributed by atoms with E-state index in [0.717, 1.165) is 73.6 Å². The van der Waals surface area contributed by atoms with Gasteiger partial charge in [0.05, 0.1) is 18.9 Å². The molecule has 3 aromatic rings. The van der Waals surface area contributed by atoms with E-state index < -0.39 is 6.04 Å². The number of nitrogens with one attached hydrogen (secondary N) is 2. The summed E-state index contributed by atoms with van der Waals surface area (Å²) in [7, 11) is 0. The molecule has 2 aromatic heterocycles. The number of aromatic nitrogens is 3. The number of morpholine rings is 1. The van der Waals surface area contributed by atoms with Crippen molar-refractivity contribution in [1.82, 2.24) is 30.1 Å². The number of aldehydes is 1. The second kappa shape index (κ2) is 12.0. The Kier molecular flexibility index (Phi) is 7.90. The van der Waals surface area contributed by atoms with E-state index in [0.29, 0.717) is 11.9 Å². The topological polar surface area (TPSA) is 95.5 Å². The highest BCUT2D eigenvalue weighted by molar-refractivity contribution is 5.79. The van der Waals surface area contributed by atoms with Crippen molar-refractivity contribution in [3.8, 4) is 11.3 Å². The van der Waals surface area contributed by atoms with Crippen molar-refractivity contribution in [2.75, 3.05) is 51.3 Å². The number of hydrogen-bond donors (Lipinski definition) is 2. The van der Waals surface area contributed by atoms with Crippen molar-refractivity contribution < 1.29 is 9.53 Å². The molecular weight excluding hydrogens is 490 g/mol. The van der Waals surface area contributed by atoms with Crippen LogP contribution in [0.25, 0.3) is 17.3 Å². The average molecular weight is 526 g/mol. The minimum Gasteiger partial charge on any atom is -0.379 e. The van der Waals surface area contributed by atoms with E-state index in [2.05, 4.69) is 54.7 Å². The molecule has 1 aromatic carbocycles. The molecule has 6 rings (SSSR count). The maximum atomic E-state index is 11.8. The van der Waals surface area contributed by atoms with Crippen LogP contribution in [0.4, 0.5) is 11.5 Å². The average Bonchev–Trinajstić information content (AvgIpc) is 3.01. The predicted molar refractivity (Wildman–Crippen MR) is 152 cm³/mol. The third-order valence-electron chi connectivity index (χ3n) is 7.99. The van der Waals surface area contributed by atoms with Crippen LogP contribution in [0, 0.1) is 0 Å². The summed E-state index contributed by atoms with van der Waals surface area (Å²) in [5.41, 5.74) is 5.59. The summed E-state index contributed by atoms with van der Waals surface area (Å²) in [6, 6.07) is 10.8. The molecule has 9 nitrogen and oxygen atoms in total. The van der Waals surface area contributed by atoms with Crippen LogP contribution in [-0.2, 0) is 16.0 Å². The standard InChI is InChI=1S/C30H35N7O2/c38-20-28-29-23(5-9-33-28)17-27(24-18-31-21-32-19-24)35-30(29)34-25-3-1-22(2-4-25)6-10-36-11-7-26(8-12-36)37-13-15-39-16-14-37/h1-5,9,17-21,26,28,33H,6-8,10-16H2,(H,34,35). The van der Waals surface area contributed by atoms with E-state index in [1.807, 2.05) is 12.1 Å². The van der Waals surface area contributed by atoms with Crippen LogP contribution < -0.4 is 10.6 Å². The minimum absolute atomic E-state index is 0.465. The number of ether oxygens (including phenoxy) is 1. The molecule has 0 spiro atoms. The van der Waals surface area contributed by atoms with Crippen molar-refractivity contribution in [2.24, 2.45) is 0 Å². The molecule has 0 radical (unpaired) electrons. The smallest absolute Gasteiger partial charge is 0.146 e. The molecule has 202 valence electrons. The lowest BCUT2D eigenvalue weighted by Crippen LogP contribution is -2.49.